The van der Waals surface area contributed by atoms with Crippen molar-refractivity contribution in [2.24, 2.45) is 0 Å². The Morgan fingerprint density at radius 3 is 2.84 bits per heavy atom. The van der Waals surface area contributed by atoms with Gasteiger partial charge >= 0.3 is 0 Å². The quantitative estimate of drug-likeness (QED) is 0.762. The van der Waals surface area contributed by atoms with E-state index in [1.54, 1.807) is 17.8 Å². The van der Waals surface area contributed by atoms with Gasteiger partial charge in [0.1, 0.15) is 11.6 Å². The molecule has 0 aliphatic heterocycles. The van der Waals surface area contributed by atoms with Crippen molar-refractivity contribution in [3.8, 4) is 0 Å². The monoisotopic (exact) mass is 320 g/mol. The summed E-state index contributed by atoms with van der Waals surface area (Å²) in [5, 5.41) is 0.526. The third-order valence-electron chi connectivity index (χ3n) is 3.03. The fourth-order valence-electron chi connectivity index (χ4n) is 1.98. The van der Waals surface area contributed by atoms with Crippen LogP contribution >= 0.6 is 35.0 Å². The number of hydrogen-bond acceptors (Lipinski definition) is 2. The van der Waals surface area contributed by atoms with Crippen LogP contribution in [0, 0.1) is 5.82 Å². The molecule has 1 atom stereocenters. The molecule has 0 aliphatic rings. The van der Waals surface area contributed by atoms with Crippen molar-refractivity contribution in [3.63, 3.8) is 0 Å². The number of aromatic nitrogens is 2. The van der Waals surface area contributed by atoms with E-state index in [0.29, 0.717) is 17.6 Å². The van der Waals surface area contributed by atoms with E-state index in [9.17, 15) is 4.39 Å². The van der Waals surface area contributed by atoms with Crippen molar-refractivity contribution >= 4 is 46.0 Å². The molecular weight excluding hydrogens is 306 g/mol. The van der Waals surface area contributed by atoms with Crippen molar-refractivity contribution in [1.82, 2.24) is 9.55 Å². The minimum Gasteiger partial charge on any atom is -0.327 e. The molecule has 2 rings (SSSR count). The Kier molecular flexibility index (Phi) is 4.98. The van der Waals surface area contributed by atoms with Gasteiger partial charge < -0.3 is 4.57 Å². The fourth-order valence-corrected chi connectivity index (χ4v) is 2.61. The highest BCUT2D eigenvalue weighted by atomic mass is 35.5. The maximum atomic E-state index is 13.6. The standard InChI is InChI=1S/C13H15Cl2FN2S/c1-8(19-2)7-18-12-6-10(16)9(15)5-11(12)17-13(18)3-4-14/h5-6,8H,3-4,7H2,1-2H3. The third kappa shape index (κ3) is 3.18. The molecule has 104 valence electrons. The van der Waals surface area contributed by atoms with Gasteiger partial charge in [-0.2, -0.15) is 11.8 Å². The van der Waals surface area contributed by atoms with Gasteiger partial charge in [0.15, 0.2) is 0 Å². The Bertz CT molecular complexity index is 586. The van der Waals surface area contributed by atoms with Crippen molar-refractivity contribution in [1.29, 1.82) is 0 Å². The Hall–Kier alpha value is -0.450. The van der Waals surface area contributed by atoms with Gasteiger partial charge in [0.2, 0.25) is 0 Å². The highest BCUT2D eigenvalue weighted by Gasteiger charge is 2.15. The first-order chi connectivity index (χ1) is 9.06. The topological polar surface area (TPSA) is 17.8 Å². The second kappa shape index (κ2) is 6.33. The summed E-state index contributed by atoms with van der Waals surface area (Å²) < 4.78 is 15.7. The van der Waals surface area contributed by atoms with Crippen molar-refractivity contribution in [3.05, 3.63) is 28.8 Å². The summed E-state index contributed by atoms with van der Waals surface area (Å²) in [6, 6.07) is 3.03. The number of imidazole rings is 1. The van der Waals surface area contributed by atoms with Crippen LogP contribution in [0.15, 0.2) is 12.1 Å². The summed E-state index contributed by atoms with van der Waals surface area (Å²) in [5.74, 6) is 0.963. The number of halogens is 3. The molecule has 0 fully saturated rings. The summed E-state index contributed by atoms with van der Waals surface area (Å²) in [4.78, 5) is 4.51. The lowest BCUT2D eigenvalue weighted by atomic mass is 10.3. The molecule has 1 aromatic carbocycles. The van der Waals surface area contributed by atoms with Crippen molar-refractivity contribution < 1.29 is 4.39 Å². The molecule has 0 saturated heterocycles. The molecule has 1 unspecified atom stereocenters. The minimum atomic E-state index is -0.412. The zero-order valence-electron chi connectivity index (χ0n) is 10.8. The zero-order valence-corrected chi connectivity index (χ0v) is 13.1. The number of nitrogens with zero attached hydrogens (tertiary/aromatic N) is 2. The first-order valence-corrected chi connectivity index (χ1v) is 8.19. The number of aryl methyl sites for hydroxylation is 1. The number of fused-ring (bicyclic) bond motifs is 1. The second-order valence-electron chi connectivity index (χ2n) is 4.38. The molecule has 6 heteroatoms. The Morgan fingerprint density at radius 1 is 1.47 bits per heavy atom. The highest BCUT2D eigenvalue weighted by molar-refractivity contribution is 7.99. The summed E-state index contributed by atoms with van der Waals surface area (Å²) >= 11 is 13.4. The fraction of sp³-hybridized carbons (Fsp3) is 0.462. The van der Waals surface area contributed by atoms with Gasteiger partial charge in [-0.3, -0.25) is 0 Å². The molecule has 0 N–H and O–H groups in total. The number of rotatable bonds is 5. The van der Waals surface area contributed by atoms with E-state index >= 15 is 0 Å². The van der Waals surface area contributed by atoms with E-state index in [2.05, 4.69) is 18.2 Å². The average molecular weight is 321 g/mol. The summed E-state index contributed by atoms with van der Waals surface area (Å²) in [5.41, 5.74) is 1.50. The van der Waals surface area contributed by atoms with Gasteiger partial charge in [0.25, 0.3) is 0 Å². The molecule has 0 amide bonds. The lowest BCUT2D eigenvalue weighted by Crippen LogP contribution is -2.12. The maximum absolute atomic E-state index is 13.6. The molecular formula is C13H15Cl2FN2S. The Morgan fingerprint density at radius 2 is 2.21 bits per heavy atom. The van der Waals surface area contributed by atoms with Gasteiger partial charge in [-0.05, 0) is 12.3 Å². The number of benzene rings is 1. The first kappa shape index (κ1) is 14.9. The van der Waals surface area contributed by atoms with E-state index in [4.69, 9.17) is 23.2 Å². The van der Waals surface area contributed by atoms with Gasteiger partial charge in [0.05, 0.1) is 16.1 Å². The van der Waals surface area contributed by atoms with Crippen LogP contribution in [0.25, 0.3) is 11.0 Å². The molecule has 2 aromatic rings. The van der Waals surface area contributed by atoms with Crippen LogP contribution in [0.2, 0.25) is 5.02 Å². The predicted molar refractivity (Wildman–Crippen MR) is 82.1 cm³/mol. The lowest BCUT2D eigenvalue weighted by Gasteiger charge is -2.13. The van der Waals surface area contributed by atoms with Crippen LogP contribution in [-0.2, 0) is 13.0 Å². The number of alkyl halides is 1. The van der Waals surface area contributed by atoms with Crippen LogP contribution in [0.4, 0.5) is 4.39 Å². The van der Waals surface area contributed by atoms with Crippen LogP contribution in [0.5, 0.6) is 0 Å². The third-order valence-corrected chi connectivity index (χ3v) is 4.46. The smallest absolute Gasteiger partial charge is 0.144 e. The molecule has 1 heterocycles. The SMILES string of the molecule is CSC(C)Cn1c(CCCl)nc2cc(Cl)c(F)cc21. The van der Waals surface area contributed by atoms with Crippen LogP contribution in [-0.4, -0.2) is 26.9 Å². The second-order valence-corrected chi connectivity index (χ2v) is 6.44. The van der Waals surface area contributed by atoms with Crippen LogP contribution in [0.1, 0.15) is 12.7 Å². The Labute approximate surface area is 126 Å². The first-order valence-electron chi connectivity index (χ1n) is 5.99. The number of thioether (sulfide) groups is 1. The minimum absolute atomic E-state index is 0.104. The van der Waals surface area contributed by atoms with Crippen LogP contribution < -0.4 is 0 Å². The molecule has 0 radical (unpaired) electrons. The summed E-state index contributed by atoms with van der Waals surface area (Å²) in [7, 11) is 0. The number of hydrogen-bond donors (Lipinski definition) is 0. The molecule has 0 aliphatic carbocycles. The van der Waals surface area contributed by atoms with E-state index < -0.39 is 5.82 Å². The molecule has 0 bridgehead atoms. The van der Waals surface area contributed by atoms with Gasteiger partial charge in [0, 0.05) is 30.2 Å². The summed E-state index contributed by atoms with van der Waals surface area (Å²) in [6.45, 7) is 2.91. The van der Waals surface area contributed by atoms with Crippen molar-refractivity contribution in [2.45, 2.75) is 25.1 Å². The average Bonchev–Trinajstić information content (AvgIpc) is 2.68. The highest BCUT2D eigenvalue weighted by Crippen LogP contribution is 2.25. The lowest BCUT2D eigenvalue weighted by molar-refractivity contribution is 0.626. The van der Waals surface area contributed by atoms with Gasteiger partial charge in [-0.15, -0.1) is 11.6 Å². The molecule has 2 nitrogen and oxygen atoms in total. The van der Waals surface area contributed by atoms with E-state index in [1.807, 2.05) is 4.57 Å². The molecule has 19 heavy (non-hydrogen) atoms. The zero-order chi connectivity index (χ0) is 14.0. The maximum Gasteiger partial charge on any atom is 0.144 e. The van der Waals surface area contributed by atoms with Gasteiger partial charge in [-0.25, -0.2) is 9.37 Å². The Balaban J connectivity index is 2.55. The summed E-state index contributed by atoms with van der Waals surface area (Å²) in [6.07, 6.45) is 2.72. The largest absolute Gasteiger partial charge is 0.327 e. The van der Waals surface area contributed by atoms with Crippen LogP contribution in [0.3, 0.4) is 0 Å². The van der Waals surface area contributed by atoms with E-state index in [1.165, 1.54) is 6.07 Å². The molecule has 0 spiro atoms. The van der Waals surface area contributed by atoms with E-state index in [-0.39, 0.29) is 5.02 Å². The predicted octanol–water partition coefficient (Wildman–Crippen LogP) is 4.36. The van der Waals surface area contributed by atoms with Gasteiger partial charge in [-0.1, -0.05) is 18.5 Å². The molecule has 1 aromatic heterocycles. The van der Waals surface area contributed by atoms with Crippen molar-refractivity contribution in [2.75, 3.05) is 12.1 Å². The molecule has 0 saturated carbocycles. The van der Waals surface area contributed by atoms with E-state index in [0.717, 1.165) is 23.4 Å². The normalized spacial score (nSPS) is 13.1.